The molecule has 0 saturated heterocycles. The highest BCUT2D eigenvalue weighted by atomic mass is 16.6. The summed E-state index contributed by atoms with van der Waals surface area (Å²) in [6.45, 7) is 5.12. The van der Waals surface area contributed by atoms with Crippen molar-refractivity contribution >= 4 is 11.6 Å². The molecule has 6 nitrogen and oxygen atoms in total. The first-order chi connectivity index (χ1) is 15.9. The molecule has 2 N–H and O–H groups in total. The fourth-order valence-corrected chi connectivity index (χ4v) is 7.53. The van der Waals surface area contributed by atoms with Gasteiger partial charge in [0.05, 0.1) is 24.1 Å². The van der Waals surface area contributed by atoms with Gasteiger partial charge in [-0.05, 0) is 98.2 Å². The SMILES string of the molecule is C[C@]12CCC3C(CCC4=C/C(=N\OCC(=O)NCc5ccccn5)CC[C@@]43C)C1CCC2O. The first kappa shape index (κ1) is 22.6. The number of nitrogens with one attached hydrogen (secondary N) is 1. The van der Waals surface area contributed by atoms with Gasteiger partial charge in [0.15, 0.2) is 6.61 Å². The molecule has 0 aliphatic heterocycles. The fraction of sp³-hybridized carbons (Fsp3) is 0.667. The summed E-state index contributed by atoms with van der Waals surface area (Å²) >= 11 is 0. The van der Waals surface area contributed by atoms with Gasteiger partial charge in [-0.25, -0.2) is 0 Å². The molecular formula is C27H37N3O3. The highest BCUT2D eigenvalue weighted by Crippen LogP contribution is 2.65. The van der Waals surface area contributed by atoms with E-state index >= 15 is 0 Å². The minimum Gasteiger partial charge on any atom is -0.393 e. The topological polar surface area (TPSA) is 83.8 Å². The van der Waals surface area contributed by atoms with Crippen LogP contribution in [-0.4, -0.2) is 34.4 Å². The standard InChI is InChI=1S/C27H37N3O3/c1-26-12-10-19(30-33-17-25(32)29-16-20-5-3-4-14-28-20)15-18(26)6-7-21-22-8-9-24(31)27(22,2)13-11-23(21)26/h3-5,14-15,21-24,31H,6-13,16-17H2,1-2H3,(H,29,32)/b30-19-/t21?,22?,23?,24?,26-,27-/m0/s1. The second-order valence-electron chi connectivity index (χ2n) is 11.1. The minimum absolute atomic E-state index is 0.0793. The van der Waals surface area contributed by atoms with Crippen molar-refractivity contribution in [3.8, 4) is 0 Å². The number of aliphatic hydroxyl groups is 1. The zero-order valence-corrected chi connectivity index (χ0v) is 19.9. The second-order valence-corrected chi connectivity index (χ2v) is 11.1. The molecule has 0 spiro atoms. The Balaban J connectivity index is 1.19. The van der Waals surface area contributed by atoms with Crippen molar-refractivity contribution in [2.75, 3.05) is 6.61 Å². The monoisotopic (exact) mass is 451 g/mol. The number of carbonyl (C=O) groups excluding carboxylic acids is 1. The molecule has 3 saturated carbocycles. The van der Waals surface area contributed by atoms with Crippen LogP contribution in [-0.2, 0) is 16.2 Å². The Hall–Kier alpha value is -2.21. The Morgan fingerprint density at radius 1 is 1.18 bits per heavy atom. The number of pyridine rings is 1. The molecule has 3 fully saturated rings. The summed E-state index contributed by atoms with van der Waals surface area (Å²) in [5.41, 5.74) is 3.65. The maximum Gasteiger partial charge on any atom is 0.261 e. The summed E-state index contributed by atoms with van der Waals surface area (Å²) < 4.78 is 0. The Kier molecular flexibility index (Phi) is 6.06. The van der Waals surface area contributed by atoms with Crippen LogP contribution in [0.4, 0.5) is 0 Å². The molecule has 178 valence electrons. The van der Waals surface area contributed by atoms with Crippen molar-refractivity contribution in [2.45, 2.75) is 77.9 Å². The van der Waals surface area contributed by atoms with E-state index in [1.54, 1.807) is 6.20 Å². The number of amides is 1. The van der Waals surface area contributed by atoms with E-state index in [1.807, 2.05) is 18.2 Å². The van der Waals surface area contributed by atoms with E-state index in [4.69, 9.17) is 4.84 Å². The third-order valence-electron chi connectivity index (χ3n) is 9.50. The molecule has 0 radical (unpaired) electrons. The van der Waals surface area contributed by atoms with Gasteiger partial charge in [-0.1, -0.05) is 30.6 Å². The smallest absolute Gasteiger partial charge is 0.261 e. The lowest BCUT2D eigenvalue weighted by Crippen LogP contribution is -2.51. The van der Waals surface area contributed by atoms with Gasteiger partial charge in [0, 0.05) is 6.20 Å². The quantitative estimate of drug-likeness (QED) is 0.650. The summed E-state index contributed by atoms with van der Waals surface area (Å²) in [6, 6.07) is 5.63. The van der Waals surface area contributed by atoms with Crippen LogP contribution in [0.5, 0.6) is 0 Å². The summed E-state index contributed by atoms with van der Waals surface area (Å²) in [5, 5.41) is 17.8. The molecule has 1 amide bonds. The van der Waals surface area contributed by atoms with Crippen molar-refractivity contribution in [3.05, 3.63) is 41.7 Å². The predicted molar refractivity (Wildman–Crippen MR) is 127 cm³/mol. The van der Waals surface area contributed by atoms with E-state index < -0.39 is 0 Å². The van der Waals surface area contributed by atoms with E-state index in [2.05, 4.69) is 35.4 Å². The normalized spacial score (nSPS) is 38.6. The number of hydrogen-bond acceptors (Lipinski definition) is 5. The summed E-state index contributed by atoms with van der Waals surface area (Å²) in [4.78, 5) is 21.7. The highest BCUT2D eigenvalue weighted by molar-refractivity contribution is 5.96. The zero-order chi connectivity index (χ0) is 23.1. The molecule has 4 aliphatic rings. The van der Waals surface area contributed by atoms with Crippen LogP contribution < -0.4 is 5.32 Å². The van der Waals surface area contributed by atoms with Crippen molar-refractivity contribution < 1.29 is 14.7 Å². The van der Waals surface area contributed by atoms with Gasteiger partial charge in [-0.15, -0.1) is 0 Å². The van der Waals surface area contributed by atoms with Crippen molar-refractivity contribution in [3.63, 3.8) is 0 Å². The molecule has 1 aromatic rings. The fourth-order valence-electron chi connectivity index (χ4n) is 7.53. The van der Waals surface area contributed by atoms with E-state index in [-0.39, 0.29) is 29.4 Å². The van der Waals surface area contributed by atoms with Gasteiger partial charge in [-0.3, -0.25) is 9.78 Å². The second kappa shape index (κ2) is 8.86. The third-order valence-corrected chi connectivity index (χ3v) is 9.50. The largest absolute Gasteiger partial charge is 0.393 e. The summed E-state index contributed by atoms with van der Waals surface area (Å²) in [7, 11) is 0. The van der Waals surface area contributed by atoms with Crippen molar-refractivity contribution in [1.29, 1.82) is 0 Å². The van der Waals surface area contributed by atoms with Crippen LogP contribution in [0, 0.1) is 28.6 Å². The molecule has 5 rings (SSSR count). The van der Waals surface area contributed by atoms with E-state index in [0.717, 1.165) is 49.4 Å². The molecule has 33 heavy (non-hydrogen) atoms. The number of oxime groups is 1. The maximum absolute atomic E-state index is 12.1. The molecule has 0 bridgehead atoms. The zero-order valence-electron chi connectivity index (χ0n) is 19.9. The molecule has 0 aromatic carbocycles. The number of rotatable bonds is 5. The van der Waals surface area contributed by atoms with Gasteiger partial charge in [0.25, 0.3) is 5.91 Å². The van der Waals surface area contributed by atoms with Crippen LogP contribution in [0.1, 0.15) is 70.9 Å². The van der Waals surface area contributed by atoms with Gasteiger partial charge >= 0.3 is 0 Å². The first-order valence-corrected chi connectivity index (χ1v) is 12.6. The lowest BCUT2D eigenvalue weighted by molar-refractivity contribution is -0.125. The molecule has 4 unspecified atom stereocenters. The number of hydrogen-bond donors (Lipinski definition) is 2. The van der Waals surface area contributed by atoms with Crippen molar-refractivity contribution in [1.82, 2.24) is 10.3 Å². The van der Waals surface area contributed by atoms with Crippen molar-refractivity contribution in [2.24, 2.45) is 33.7 Å². The molecule has 6 atom stereocenters. The van der Waals surface area contributed by atoms with Crippen LogP contribution in [0.25, 0.3) is 0 Å². The summed E-state index contributed by atoms with van der Waals surface area (Å²) in [5.74, 6) is 1.93. The third kappa shape index (κ3) is 4.11. The molecule has 6 heteroatoms. The lowest BCUT2D eigenvalue weighted by Gasteiger charge is -2.57. The Morgan fingerprint density at radius 2 is 2.06 bits per heavy atom. The predicted octanol–water partition coefficient (Wildman–Crippen LogP) is 4.39. The van der Waals surface area contributed by atoms with Gasteiger partial charge in [0.1, 0.15) is 0 Å². The van der Waals surface area contributed by atoms with Crippen LogP contribution in [0.3, 0.4) is 0 Å². The highest BCUT2D eigenvalue weighted by Gasteiger charge is 2.58. The number of fused-ring (bicyclic) bond motifs is 5. The maximum atomic E-state index is 12.1. The van der Waals surface area contributed by atoms with E-state index in [9.17, 15) is 9.90 Å². The van der Waals surface area contributed by atoms with Crippen LogP contribution in [0.2, 0.25) is 0 Å². The average molecular weight is 452 g/mol. The molecule has 4 aliphatic carbocycles. The molecular weight excluding hydrogens is 414 g/mol. The van der Waals surface area contributed by atoms with Crippen LogP contribution in [0.15, 0.2) is 41.2 Å². The number of nitrogens with zero attached hydrogens (tertiary/aromatic N) is 2. The van der Waals surface area contributed by atoms with E-state index in [1.165, 1.54) is 24.8 Å². The molecule has 1 heterocycles. The number of aromatic nitrogens is 1. The number of aliphatic hydroxyl groups excluding tert-OH is 1. The first-order valence-electron chi connectivity index (χ1n) is 12.6. The average Bonchev–Trinajstić information content (AvgIpc) is 3.13. The van der Waals surface area contributed by atoms with Crippen LogP contribution >= 0.6 is 0 Å². The summed E-state index contributed by atoms with van der Waals surface area (Å²) in [6.07, 6.45) is 12.7. The Bertz CT molecular complexity index is 945. The van der Waals surface area contributed by atoms with Gasteiger partial charge < -0.3 is 15.3 Å². The number of allylic oxidation sites excluding steroid dienone is 2. The van der Waals surface area contributed by atoms with E-state index in [0.29, 0.717) is 18.4 Å². The lowest BCUT2D eigenvalue weighted by atomic mass is 9.47. The van der Waals surface area contributed by atoms with Gasteiger partial charge in [-0.2, -0.15) is 0 Å². The minimum atomic E-state index is -0.192. The number of carbonyl (C=O) groups is 1. The Labute approximate surface area is 196 Å². The van der Waals surface area contributed by atoms with Gasteiger partial charge in [0.2, 0.25) is 0 Å². The Morgan fingerprint density at radius 3 is 2.88 bits per heavy atom. The molecule has 1 aromatic heterocycles.